The van der Waals surface area contributed by atoms with Crippen LogP contribution in [-0.2, 0) is 9.53 Å². The van der Waals surface area contributed by atoms with Crippen molar-refractivity contribution in [2.45, 2.75) is 41.5 Å². The van der Waals surface area contributed by atoms with Crippen LogP contribution in [0.3, 0.4) is 0 Å². The van der Waals surface area contributed by atoms with Crippen LogP contribution in [0.25, 0.3) is 0 Å². The average molecular weight is 234 g/mol. The molecule has 0 fully saturated rings. The van der Waals surface area contributed by atoms with E-state index < -0.39 is 0 Å². The highest BCUT2D eigenvalue weighted by molar-refractivity contribution is 5.69. The Bertz CT molecular complexity index is 364. The fraction of sp³-hybridized carbons (Fsp3) is 0.533. The van der Waals surface area contributed by atoms with E-state index in [1.807, 2.05) is 12.2 Å². The summed E-state index contributed by atoms with van der Waals surface area (Å²) in [5.74, 6) is 1.80. The normalized spacial score (nSPS) is 16.9. The fourth-order valence-corrected chi connectivity index (χ4v) is 1.44. The molecule has 1 heterocycles. The van der Waals surface area contributed by atoms with Crippen molar-refractivity contribution in [1.29, 1.82) is 0 Å². The van der Waals surface area contributed by atoms with Crippen molar-refractivity contribution in [3.63, 3.8) is 0 Å². The van der Waals surface area contributed by atoms with Crippen molar-refractivity contribution in [1.82, 2.24) is 0 Å². The van der Waals surface area contributed by atoms with Gasteiger partial charge in [0.05, 0.1) is 0 Å². The van der Waals surface area contributed by atoms with Gasteiger partial charge in [-0.1, -0.05) is 41.5 Å². The van der Waals surface area contributed by atoms with Crippen LogP contribution in [0.4, 0.5) is 0 Å². The van der Waals surface area contributed by atoms with Gasteiger partial charge in [-0.25, -0.2) is 0 Å². The number of carbonyl (C=O) groups excluding carboxylic acids is 1. The molecular weight excluding hydrogens is 212 g/mol. The summed E-state index contributed by atoms with van der Waals surface area (Å²) in [6, 6.07) is 0. The maximum atomic E-state index is 10.6. The smallest absolute Gasteiger partial charge is 0.143 e. The lowest BCUT2D eigenvalue weighted by Gasteiger charge is -2.32. The first kappa shape index (κ1) is 13.8. The predicted octanol–water partition coefficient (Wildman–Crippen LogP) is 4.00. The summed E-state index contributed by atoms with van der Waals surface area (Å²) in [5, 5.41) is 0. The molecule has 2 nitrogen and oxygen atoms in total. The Kier molecular flexibility index (Phi) is 3.65. The third-order valence-electron chi connectivity index (χ3n) is 2.55. The van der Waals surface area contributed by atoms with Crippen LogP contribution >= 0.6 is 0 Å². The minimum absolute atomic E-state index is 0.0628. The molecule has 0 spiro atoms. The molecule has 17 heavy (non-hydrogen) atoms. The molecule has 0 N–H and O–H groups in total. The van der Waals surface area contributed by atoms with E-state index in [0.29, 0.717) is 0 Å². The summed E-state index contributed by atoms with van der Waals surface area (Å²) >= 11 is 0. The van der Waals surface area contributed by atoms with Gasteiger partial charge >= 0.3 is 0 Å². The number of carbonyl (C=O) groups is 1. The molecule has 0 saturated heterocycles. The summed E-state index contributed by atoms with van der Waals surface area (Å²) in [6.45, 7) is 12.6. The molecule has 0 amide bonds. The van der Waals surface area contributed by atoms with Crippen LogP contribution in [0.1, 0.15) is 41.5 Å². The van der Waals surface area contributed by atoms with Crippen LogP contribution in [0, 0.1) is 10.8 Å². The van der Waals surface area contributed by atoms with Crippen molar-refractivity contribution in [3.8, 4) is 0 Å². The highest BCUT2D eigenvalue weighted by atomic mass is 16.5. The van der Waals surface area contributed by atoms with Crippen LogP contribution < -0.4 is 0 Å². The maximum absolute atomic E-state index is 10.6. The first-order valence-corrected chi connectivity index (χ1v) is 5.92. The van der Waals surface area contributed by atoms with Gasteiger partial charge in [0.25, 0.3) is 0 Å². The summed E-state index contributed by atoms with van der Waals surface area (Å²) in [5.41, 5.74) is 0.778. The molecule has 1 aliphatic heterocycles. The van der Waals surface area contributed by atoms with Gasteiger partial charge in [0.15, 0.2) is 0 Å². The molecule has 0 aromatic carbocycles. The van der Waals surface area contributed by atoms with Gasteiger partial charge in [-0.05, 0) is 23.8 Å². The molecule has 0 aromatic heterocycles. The quantitative estimate of drug-likeness (QED) is 0.506. The number of rotatable bonds is 1. The molecule has 0 unspecified atom stereocenters. The van der Waals surface area contributed by atoms with E-state index >= 15 is 0 Å². The van der Waals surface area contributed by atoms with Gasteiger partial charge in [0.1, 0.15) is 17.8 Å². The highest BCUT2D eigenvalue weighted by Crippen LogP contribution is 2.38. The zero-order chi connectivity index (χ0) is 13.3. The molecule has 0 atom stereocenters. The number of ether oxygens (including phenoxy) is 1. The van der Waals surface area contributed by atoms with Gasteiger partial charge in [-0.3, -0.25) is 4.79 Å². The molecule has 0 saturated carbocycles. The van der Waals surface area contributed by atoms with Crippen molar-refractivity contribution < 1.29 is 9.53 Å². The summed E-state index contributed by atoms with van der Waals surface area (Å²) in [6.07, 6.45) is 6.25. The summed E-state index contributed by atoms with van der Waals surface area (Å²) in [7, 11) is 0. The first-order valence-electron chi connectivity index (χ1n) is 5.92. The third kappa shape index (κ3) is 3.58. The molecule has 1 rings (SSSR count). The Morgan fingerprint density at radius 2 is 1.35 bits per heavy atom. The second-order valence-corrected chi connectivity index (χ2v) is 6.42. The molecule has 0 bridgehead atoms. The topological polar surface area (TPSA) is 26.3 Å². The van der Waals surface area contributed by atoms with E-state index in [4.69, 9.17) is 4.74 Å². The van der Waals surface area contributed by atoms with Crippen LogP contribution in [-0.4, -0.2) is 6.29 Å². The van der Waals surface area contributed by atoms with E-state index in [1.54, 1.807) is 6.08 Å². The van der Waals surface area contributed by atoms with Crippen LogP contribution in [0.5, 0.6) is 0 Å². The van der Waals surface area contributed by atoms with Crippen molar-refractivity contribution in [2.24, 2.45) is 10.8 Å². The Balaban J connectivity index is 3.17. The van der Waals surface area contributed by atoms with E-state index in [9.17, 15) is 4.79 Å². The van der Waals surface area contributed by atoms with Crippen LogP contribution in [0.15, 0.2) is 35.3 Å². The number of aldehydes is 1. The second-order valence-electron chi connectivity index (χ2n) is 6.42. The average Bonchev–Trinajstić information content (AvgIpc) is 2.15. The monoisotopic (exact) mass is 234 g/mol. The third-order valence-corrected chi connectivity index (χ3v) is 2.55. The number of allylic oxidation sites excluding steroid dienone is 6. The Morgan fingerprint density at radius 1 is 0.941 bits per heavy atom. The summed E-state index contributed by atoms with van der Waals surface area (Å²) in [4.78, 5) is 10.6. The molecule has 94 valence electrons. The van der Waals surface area contributed by atoms with Crippen molar-refractivity contribution in [2.75, 3.05) is 0 Å². The van der Waals surface area contributed by atoms with Gasteiger partial charge in [-0.2, -0.15) is 0 Å². The molecule has 0 radical (unpaired) electrons. The van der Waals surface area contributed by atoms with Crippen LogP contribution in [0.2, 0.25) is 0 Å². The van der Waals surface area contributed by atoms with Gasteiger partial charge < -0.3 is 4.74 Å². The zero-order valence-corrected chi connectivity index (χ0v) is 11.6. The van der Waals surface area contributed by atoms with Crippen molar-refractivity contribution >= 4 is 6.29 Å². The minimum atomic E-state index is -0.0628. The standard InChI is InChI=1S/C15H22O2/c1-14(2,3)12-9-11(7-8-16)10-13(17-12)15(4,5)6/h7-10H,1-6H3. The van der Waals surface area contributed by atoms with Gasteiger partial charge in [0, 0.05) is 10.8 Å². The molecule has 0 aliphatic carbocycles. The SMILES string of the molecule is CC(C)(C)C1=CC(=CC=O)C=C(C(C)(C)C)O1. The molecule has 0 aromatic rings. The minimum Gasteiger partial charge on any atom is -0.465 e. The number of hydrogen-bond acceptors (Lipinski definition) is 2. The Labute approximate surface area is 104 Å². The van der Waals surface area contributed by atoms with E-state index in [-0.39, 0.29) is 10.8 Å². The lowest BCUT2D eigenvalue weighted by atomic mass is 9.87. The predicted molar refractivity (Wildman–Crippen MR) is 70.3 cm³/mol. The van der Waals surface area contributed by atoms with Crippen molar-refractivity contribution in [3.05, 3.63) is 35.3 Å². The summed E-state index contributed by atoms with van der Waals surface area (Å²) < 4.78 is 5.96. The molecule has 1 aliphatic rings. The van der Waals surface area contributed by atoms with Gasteiger partial charge in [-0.15, -0.1) is 0 Å². The molecular formula is C15H22O2. The largest absolute Gasteiger partial charge is 0.465 e. The van der Waals surface area contributed by atoms with E-state index in [0.717, 1.165) is 23.4 Å². The van der Waals surface area contributed by atoms with Gasteiger partial charge in [0.2, 0.25) is 0 Å². The van der Waals surface area contributed by atoms with E-state index in [2.05, 4.69) is 41.5 Å². The zero-order valence-electron chi connectivity index (χ0n) is 11.6. The lowest BCUT2D eigenvalue weighted by Crippen LogP contribution is -2.21. The second kappa shape index (κ2) is 4.52. The maximum Gasteiger partial charge on any atom is 0.143 e. The van der Waals surface area contributed by atoms with E-state index in [1.165, 1.54) is 0 Å². The first-order chi connectivity index (χ1) is 7.64. The highest BCUT2D eigenvalue weighted by Gasteiger charge is 2.28. The number of hydrogen-bond donors (Lipinski definition) is 0. The fourth-order valence-electron chi connectivity index (χ4n) is 1.44. The Morgan fingerprint density at radius 3 is 1.65 bits per heavy atom. The lowest BCUT2D eigenvalue weighted by molar-refractivity contribution is -0.104. The Hall–Kier alpha value is -1.31. The molecule has 2 heteroatoms.